The number of hydrogen-bond donors (Lipinski definition) is 0. The molecular weight excluding hydrogens is 408 g/mol. The molecule has 1 amide bonds. The van der Waals surface area contributed by atoms with E-state index in [-0.39, 0.29) is 24.9 Å². The van der Waals surface area contributed by atoms with Gasteiger partial charge in [0.1, 0.15) is 12.4 Å². The Labute approximate surface area is 190 Å². The summed E-state index contributed by atoms with van der Waals surface area (Å²) in [5.74, 6) is 0.471. The number of esters is 1. The molecule has 0 saturated carbocycles. The second-order valence-electron chi connectivity index (χ2n) is 9.15. The van der Waals surface area contributed by atoms with Crippen LogP contribution in [-0.2, 0) is 25.8 Å². The van der Waals surface area contributed by atoms with Crippen molar-refractivity contribution in [3.63, 3.8) is 0 Å². The number of amides is 1. The standard InChI is InChI=1S/C25H34N2O5/c1-30-21-10-6-9-20(15-21)18-32-27-23(28)16-22(24(29)31-2)25(27)11-13-26(14-12-25)17-19-7-4-3-5-8-19/h3-4,6,9-10,15,19,22H,5,7-8,11-14,16-18H2,1-2H3/t19-,22+/m1/s1. The fourth-order valence-electron chi connectivity index (χ4n) is 5.45. The Morgan fingerprint density at radius 3 is 2.69 bits per heavy atom. The summed E-state index contributed by atoms with van der Waals surface area (Å²) < 4.78 is 10.4. The van der Waals surface area contributed by atoms with Crippen LogP contribution < -0.4 is 4.74 Å². The molecule has 4 rings (SSSR count). The van der Waals surface area contributed by atoms with Crippen LogP contribution in [0.4, 0.5) is 0 Å². The molecule has 174 valence electrons. The number of hydrogen-bond acceptors (Lipinski definition) is 6. The Kier molecular flexibility index (Phi) is 7.16. The number of ether oxygens (including phenoxy) is 2. The van der Waals surface area contributed by atoms with E-state index in [1.54, 1.807) is 7.11 Å². The summed E-state index contributed by atoms with van der Waals surface area (Å²) in [5.41, 5.74) is 0.267. The van der Waals surface area contributed by atoms with Crippen LogP contribution >= 0.6 is 0 Å². The summed E-state index contributed by atoms with van der Waals surface area (Å²) in [6, 6.07) is 7.60. The fourth-order valence-corrected chi connectivity index (χ4v) is 5.45. The van der Waals surface area contributed by atoms with Gasteiger partial charge in [-0.3, -0.25) is 14.4 Å². The van der Waals surface area contributed by atoms with Gasteiger partial charge in [0.25, 0.3) is 0 Å². The maximum Gasteiger partial charge on any atom is 0.311 e. The van der Waals surface area contributed by atoms with Gasteiger partial charge in [0.2, 0.25) is 5.91 Å². The third-order valence-electron chi connectivity index (χ3n) is 7.25. The molecule has 2 aliphatic heterocycles. The van der Waals surface area contributed by atoms with Crippen LogP contribution in [0.2, 0.25) is 0 Å². The van der Waals surface area contributed by atoms with Crippen molar-refractivity contribution >= 4 is 11.9 Å². The lowest BCUT2D eigenvalue weighted by molar-refractivity contribution is -0.229. The summed E-state index contributed by atoms with van der Waals surface area (Å²) in [4.78, 5) is 34.2. The van der Waals surface area contributed by atoms with Gasteiger partial charge in [-0.25, -0.2) is 5.06 Å². The largest absolute Gasteiger partial charge is 0.497 e. The second kappa shape index (κ2) is 10.0. The predicted octanol–water partition coefficient (Wildman–Crippen LogP) is 3.34. The van der Waals surface area contributed by atoms with Crippen LogP contribution in [0.1, 0.15) is 44.1 Å². The van der Waals surface area contributed by atoms with Gasteiger partial charge in [-0.15, -0.1) is 0 Å². The molecule has 32 heavy (non-hydrogen) atoms. The van der Waals surface area contributed by atoms with Crippen molar-refractivity contribution in [3.05, 3.63) is 42.0 Å². The van der Waals surface area contributed by atoms with E-state index in [0.717, 1.165) is 43.8 Å². The van der Waals surface area contributed by atoms with Gasteiger partial charge in [-0.05, 0) is 55.7 Å². The lowest BCUT2D eigenvalue weighted by atomic mass is 9.77. The Morgan fingerprint density at radius 2 is 2.00 bits per heavy atom. The van der Waals surface area contributed by atoms with Crippen LogP contribution in [0, 0.1) is 11.8 Å². The predicted molar refractivity (Wildman–Crippen MR) is 120 cm³/mol. The summed E-state index contributed by atoms with van der Waals surface area (Å²) >= 11 is 0. The minimum Gasteiger partial charge on any atom is -0.497 e. The number of carbonyl (C=O) groups is 2. The zero-order valence-electron chi connectivity index (χ0n) is 19.1. The lowest BCUT2D eigenvalue weighted by Gasteiger charge is -2.46. The molecule has 2 heterocycles. The Bertz CT molecular complexity index is 846. The van der Waals surface area contributed by atoms with Crippen molar-refractivity contribution in [3.8, 4) is 5.75 Å². The van der Waals surface area contributed by atoms with E-state index in [2.05, 4.69) is 17.1 Å². The van der Waals surface area contributed by atoms with Gasteiger partial charge in [0.05, 0.1) is 25.7 Å². The smallest absolute Gasteiger partial charge is 0.311 e. The second-order valence-corrected chi connectivity index (χ2v) is 9.15. The van der Waals surface area contributed by atoms with E-state index >= 15 is 0 Å². The van der Waals surface area contributed by atoms with E-state index in [1.807, 2.05) is 24.3 Å². The van der Waals surface area contributed by atoms with E-state index in [0.29, 0.717) is 18.8 Å². The molecule has 0 N–H and O–H groups in total. The first-order valence-electron chi connectivity index (χ1n) is 11.6. The topological polar surface area (TPSA) is 68.3 Å². The minimum absolute atomic E-state index is 0.137. The number of allylic oxidation sites excluding steroid dienone is 2. The highest BCUT2D eigenvalue weighted by Crippen LogP contribution is 2.45. The average Bonchev–Trinajstić information content (AvgIpc) is 3.10. The number of benzene rings is 1. The number of nitrogens with zero attached hydrogens (tertiary/aromatic N) is 2. The van der Waals surface area contributed by atoms with Crippen LogP contribution in [0.3, 0.4) is 0 Å². The van der Waals surface area contributed by atoms with Crippen molar-refractivity contribution < 1.29 is 23.9 Å². The van der Waals surface area contributed by atoms with Gasteiger partial charge in [-0.2, -0.15) is 0 Å². The van der Waals surface area contributed by atoms with Gasteiger partial charge in [-0.1, -0.05) is 24.3 Å². The molecule has 0 aromatic heterocycles. The first kappa shape index (κ1) is 22.8. The monoisotopic (exact) mass is 442 g/mol. The third kappa shape index (κ3) is 4.69. The van der Waals surface area contributed by atoms with E-state index in [9.17, 15) is 9.59 Å². The van der Waals surface area contributed by atoms with E-state index in [1.165, 1.54) is 18.6 Å². The zero-order chi connectivity index (χ0) is 22.6. The normalized spacial score (nSPS) is 25.3. The molecule has 7 heteroatoms. The number of carbonyl (C=O) groups excluding carboxylic acids is 2. The molecule has 0 unspecified atom stereocenters. The molecule has 0 bridgehead atoms. The molecule has 3 aliphatic rings. The van der Waals surface area contributed by atoms with Crippen molar-refractivity contribution in [1.82, 2.24) is 9.96 Å². The summed E-state index contributed by atoms with van der Waals surface area (Å²) in [5, 5.41) is 1.51. The molecule has 7 nitrogen and oxygen atoms in total. The SMILES string of the molecule is COC(=O)[C@@H]1CC(=O)N(OCc2cccc(OC)c2)C12CCN(C[C@@H]1CC=CCC1)CC2. The van der Waals surface area contributed by atoms with E-state index in [4.69, 9.17) is 14.3 Å². The third-order valence-corrected chi connectivity index (χ3v) is 7.25. The number of methoxy groups -OCH3 is 2. The van der Waals surface area contributed by atoms with Crippen molar-refractivity contribution in [1.29, 1.82) is 0 Å². The average molecular weight is 443 g/mol. The minimum atomic E-state index is -0.647. The number of hydroxylamine groups is 2. The summed E-state index contributed by atoms with van der Waals surface area (Å²) in [6.45, 7) is 3.01. The molecular formula is C25H34N2O5. The molecule has 2 fully saturated rings. The Balaban J connectivity index is 1.47. The van der Waals surface area contributed by atoms with Crippen LogP contribution in [0.5, 0.6) is 5.75 Å². The molecule has 1 aliphatic carbocycles. The number of rotatable bonds is 7. The molecule has 1 spiro atoms. The summed E-state index contributed by atoms with van der Waals surface area (Å²) in [7, 11) is 3.02. The number of likely N-dealkylation sites (tertiary alicyclic amines) is 1. The van der Waals surface area contributed by atoms with Crippen LogP contribution in [-0.4, -0.2) is 61.2 Å². The lowest BCUT2D eigenvalue weighted by Crippen LogP contribution is -2.57. The first-order valence-corrected chi connectivity index (χ1v) is 11.6. The maximum atomic E-state index is 13.0. The molecule has 1 aromatic rings. The molecule has 0 radical (unpaired) electrons. The van der Waals surface area contributed by atoms with Gasteiger partial charge in [0.15, 0.2) is 0 Å². The van der Waals surface area contributed by atoms with Gasteiger partial charge in [0, 0.05) is 26.1 Å². The van der Waals surface area contributed by atoms with Crippen molar-refractivity contribution in [2.75, 3.05) is 33.9 Å². The summed E-state index contributed by atoms with van der Waals surface area (Å²) in [6.07, 6.45) is 9.64. The number of piperidine rings is 1. The fraction of sp³-hybridized carbons (Fsp3) is 0.600. The van der Waals surface area contributed by atoms with Gasteiger partial charge >= 0.3 is 5.97 Å². The maximum absolute atomic E-state index is 13.0. The zero-order valence-corrected chi connectivity index (χ0v) is 19.1. The van der Waals surface area contributed by atoms with E-state index < -0.39 is 11.5 Å². The molecule has 1 aromatic carbocycles. The Hall–Kier alpha value is -2.38. The molecule has 2 saturated heterocycles. The quantitative estimate of drug-likeness (QED) is 0.477. The van der Waals surface area contributed by atoms with Gasteiger partial charge < -0.3 is 14.4 Å². The van der Waals surface area contributed by atoms with Crippen molar-refractivity contribution in [2.24, 2.45) is 11.8 Å². The highest BCUT2D eigenvalue weighted by atomic mass is 16.7. The highest BCUT2D eigenvalue weighted by Gasteiger charge is 2.58. The first-order chi connectivity index (χ1) is 15.6. The van der Waals surface area contributed by atoms with Crippen LogP contribution in [0.15, 0.2) is 36.4 Å². The highest BCUT2D eigenvalue weighted by molar-refractivity contribution is 5.88. The Morgan fingerprint density at radius 1 is 1.19 bits per heavy atom. The van der Waals surface area contributed by atoms with Crippen molar-refractivity contribution in [2.45, 2.75) is 50.7 Å². The molecule has 2 atom stereocenters. The van der Waals surface area contributed by atoms with Crippen LogP contribution in [0.25, 0.3) is 0 Å².